The standard InChI is InChI=1S/C10H10N2O3/c1-6-2-3-11-5-7(6)8-4-9(10(13)14)15-12-8/h2-3,5,9H,4H2,1H3,(H,13,14). The van der Waals surface area contributed by atoms with E-state index < -0.39 is 12.1 Å². The number of aliphatic carboxylic acids is 1. The molecule has 78 valence electrons. The fraction of sp³-hybridized carbons (Fsp3) is 0.300. The van der Waals surface area contributed by atoms with Crippen LogP contribution in [0.4, 0.5) is 0 Å². The topological polar surface area (TPSA) is 71.8 Å². The number of carboxylic acid groups (broad SMARTS) is 1. The van der Waals surface area contributed by atoms with E-state index in [1.807, 2.05) is 13.0 Å². The number of rotatable bonds is 2. The number of hydrogen-bond donors (Lipinski definition) is 1. The summed E-state index contributed by atoms with van der Waals surface area (Å²) in [6.07, 6.45) is 2.78. The van der Waals surface area contributed by atoms with Crippen molar-refractivity contribution in [2.24, 2.45) is 5.16 Å². The Kier molecular flexibility index (Phi) is 2.37. The van der Waals surface area contributed by atoms with Gasteiger partial charge in [0.05, 0.1) is 5.71 Å². The van der Waals surface area contributed by atoms with Gasteiger partial charge in [0.25, 0.3) is 0 Å². The van der Waals surface area contributed by atoms with Crippen molar-refractivity contribution in [3.8, 4) is 0 Å². The largest absolute Gasteiger partial charge is 0.478 e. The number of pyridine rings is 1. The van der Waals surface area contributed by atoms with Crippen LogP contribution in [-0.4, -0.2) is 27.9 Å². The van der Waals surface area contributed by atoms with Gasteiger partial charge in [0.15, 0.2) is 0 Å². The summed E-state index contributed by atoms with van der Waals surface area (Å²) in [5, 5.41) is 12.5. The van der Waals surface area contributed by atoms with Crippen molar-refractivity contribution in [1.82, 2.24) is 4.98 Å². The third-order valence-corrected chi connectivity index (χ3v) is 2.29. The summed E-state index contributed by atoms with van der Waals surface area (Å²) >= 11 is 0. The number of nitrogens with zero attached hydrogens (tertiary/aromatic N) is 2. The molecule has 0 fully saturated rings. The molecule has 1 N–H and O–H groups in total. The molecule has 1 atom stereocenters. The molecule has 2 heterocycles. The second-order valence-corrected chi connectivity index (χ2v) is 3.36. The molecule has 0 aliphatic carbocycles. The molecule has 2 rings (SSSR count). The lowest BCUT2D eigenvalue weighted by Gasteiger charge is -2.02. The SMILES string of the molecule is Cc1ccncc1C1=NOC(C(=O)O)C1. The quantitative estimate of drug-likeness (QED) is 0.782. The Morgan fingerprint density at radius 1 is 1.67 bits per heavy atom. The first kappa shape index (κ1) is 9.64. The van der Waals surface area contributed by atoms with Gasteiger partial charge in [-0.05, 0) is 18.6 Å². The Labute approximate surface area is 86.4 Å². The first-order valence-electron chi connectivity index (χ1n) is 4.55. The highest BCUT2D eigenvalue weighted by Crippen LogP contribution is 2.18. The number of aryl methyl sites for hydroxylation is 1. The maximum absolute atomic E-state index is 10.6. The van der Waals surface area contributed by atoms with E-state index >= 15 is 0 Å². The van der Waals surface area contributed by atoms with E-state index in [4.69, 9.17) is 9.94 Å². The van der Waals surface area contributed by atoms with Crippen LogP contribution in [0.25, 0.3) is 0 Å². The van der Waals surface area contributed by atoms with Gasteiger partial charge in [-0.3, -0.25) is 4.98 Å². The molecule has 0 saturated heterocycles. The Morgan fingerprint density at radius 3 is 3.07 bits per heavy atom. The second-order valence-electron chi connectivity index (χ2n) is 3.36. The van der Waals surface area contributed by atoms with Crippen molar-refractivity contribution in [2.45, 2.75) is 19.4 Å². The zero-order valence-corrected chi connectivity index (χ0v) is 8.17. The molecule has 0 saturated carbocycles. The Hall–Kier alpha value is -1.91. The van der Waals surface area contributed by atoms with Crippen LogP contribution in [0.2, 0.25) is 0 Å². The molecule has 1 aromatic heterocycles. The molecule has 5 nitrogen and oxygen atoms in total. The van der Waals surface area contributed by atoms with Crippen LogP contribution in [0.5, 0.6) is 0 Å². The molecule has 1 aliphatic rings. The van der Waals surface area contributed by atoms with E-state index in [0.29, 0.717) is 12.1 Å². The Bertz CT molecular complexity index is 428. The predicted octanol–water partition coefficient (Wildman–Crippen LogP) is 0.968. The van der Waals surface area contributed by atoms with E-state index in [-0.39, 0.29) is 0 Å². The van der Waals surface area contributed by atoms with Crippen molar-refractivity contribution >= 4 is 11.7 Å². The van der Waals surface area contributed by atoms with Gasteiger partial charge in [-0.25, -0.2) is 4.79 Å². The van der Waals surface area contributed by atoms with Crippen molar-refractivity contribution in [2.75, 3.05) is 0 Å². The first-order chi connectivity index (χ1) is 7.18. The highest BCUT2D eigenvalue weighted by molar-refractivity contribution is 6.04. The summed E-state index contributed by atoms with van der Waals surface area (Å²) in [7, 11) is 0. The highest BCUT2D eigenvalue weighted by atomic mass is 16.7. The monoisotopic (exact) mass is 206 g/mol. The highest BCUT2D eigenvalue weighted by Gasteiger charge is 2.28. The van der Waals surface area contributed by atoms with Crippen molar-refractivity contribution < 1.29 is 14.7 Å². The van der Waals surface area contributed by atoms with E-state index in [1.54, 1.807) is 12.4 Å². The number of hydrogen-bond acceptors (Lipinski definition) is 4. The lowest BCUT2D eigenvalue weighted by Crippen LogP contribution is -2.20. The third-order valence-electron chi connectivity index (χ3n) is 2.29. The lowest BCUT2D eigenvalue weighted by atomic mass is 10.0. The number of carboxylic acids is 1. The van der Waals surface area contributed by atoms with Gasteiger partial charge in [-0.1, -0.05) is 5.16 Å². The molecular weight excluding hydrogens is 196 g/mol. The van der Waals surface area contributed by atoms with Crippen LogP contribution in [-0.2, 0) is 9.63 Å². The van der Waals surface area contributed by atoms with Gasteiger partial charge in [-0.15, -0.1) is 0 Å². The summed E-state index contributed by atoms with van der Waals surface area (Å²) in [6.45, 7) is 1.92. The number of oxime groups is 1. The maximum atomic E-state index is 10.6. The van der Waals surface area contributed by atoms with Gasteiger partial charge in [-0.2, -0.15) is 0 Å². The molecule has 1 aliphatic heterocycles. The molecule has 1 unspecified atom stereocenters. The smallest absolute Gasteiger partial charge is 0.348 e. The summed E-state index contributed by atoms with van der Waals surface area (Å²) < 4.78 is 0. The zero-order valence-electron chi connectivity index (χ0n) is 8.17. The molecule has 5 heteroatoms. The van der Waals surface area contributed by atoms with Gasteiger partial charge in [0.1, 0.15) is 0 Å². The lowest BCUT2D eigenvalue weighted by molar-refractivity contribution is -0.148. The van der Waals surface area contributed by atoms with E-state index in [1.165, 1.54) is 0 Å². The molecule has 0 spiro atoms. The maximum Gasteiger partial charge on any atom is 0.348 e. The fourth-order valence-corrected chi connectivity index (χ4v) is 1.44. The van der Waals surface area contributed by atoms with Gasteiger partial charge < -0.3 is 9.94 Å². The Morgan fingerprint density at radius 2 is 2.47 bits per heavy atom. The van der Waals surface area contributed by atoms with Crippen molar-refractivity contribution in [3.63, 3.8) is 0 Å². The van der Waals surface area contributed by atoms with Gasteiger partial charge in [0, 0.05) is 24.4 Å². The van der Waals surface area contributed by atoms with Gasteiger partial charge >= 0.3 is 5.97 Å². The van der Waals surface area contributed by atoms with Crippen LogP contribution < -0.4 is 0 Å². The summed E-state index contributed by atoms with van der Waals surface area (Å²) in [5.41, 5.74) is 2.51. The van der Waals surface area contributed by atoms with Crippen LogP contribution in [0, 0.1) is 6.92 Å². The summed E-state index contributed by atoms with van der Waals surface area (Å²) in [6, 6.07) is 1.85. The Balaban J connectivity index is 2.21. The molecule has 0 bridgehead atoms. The predicted molar refractivity (Wildman–Crippen MR) is 52.6 cm³/mol. The molecular formula is C10H10N2O3. The zero-order chi connectivity index (χ0) is 10.8. The summed E-state index contributed by atoms with van der Waals surface area (Å²) in [4.78, 5) is 19.4. The second kappa shape index (κ2) is 3.68. The van der Waals surface area contributed by atoms with Crippen LogP contribution in [0.15, 0.2) is 23.6 Å². The minimum Gasteiger partial charge on any atom is -0.478 e. The summed E-state index contributed by atoms with van der Waals surface area (Å²) in [5.74, 6) is -0.990. The average Bonchev–Trinajstić information content (AvgIpc) is 2.67. The van der Waals surface area contributed by atoms with Crippen LogP contribution in [0.3, 0.4) is 0 Å². The van der Waals surface area contributed by atoms with Gasteiger partial charge in [0.2, 0.25) is 6.10 Å². The molecule has 0 aromatic carbocycles. The minimum absolute atomic E-state index is 0.294. The molecule has 15 heavy (non-hydrogen) atoms. The normalized spacial score (nSPS) is 19.5. The molecule has 1 aromatic rings. The third kappa shape index (κ3) is 1.81. The van der Waals surface area contributed by atoms with E-state index in [0.717, 1.165) is 11.1 Å². The van der Waals surface area contributed by atoms with Crippen LogP contribution in [0.1, 0.15) is 17.5 Å². The number of aromatic nitrogens is 1. The van der Waals surface area contributed by atoms with Crippen molar-refractivity contribution in [3.05, 3.63) is 29.6 Å². The van der Waals surface area contributed by atoms with E-state index in [2.05, 4.69) is 10.1 Å². The fourth-order valence-electron chi connectivity index (χ4n) is 1.44. The van der Waals surface area contributed by atoms with E-state index in [9.17, 15) is 4.79 Å². The minimum atomic E-state index is -0.990. The molecule has 0 amide bonds. The number of carbonyl (C=O) groups is 1. The van der Waals surface area contributed by atoms with Crippen molar-refractivity contribution in [1.29, 1.82) is 0 Å². The average molecular weight is 206 g/mol. The van der Waals surface area contributed by atoms with Crippen LogP contribution >= 0.6 is 0 Å². The first-order valence-corrected chi connectivity index (χ1v) is 4.55. The molecule has 0 radical (unpaired) electrons.